The van der Waals surface area contributed by atoms with Gasteiger partial charge in [-0.2, -0.15) is 0 Å². The molecule has 2 aliphatic rings. The normalized spacial score (nSPS) is 23.3. The summed E-state index contributed by atoms with van der Waals surface area (Å²) < 4.78 is 6.14. The van der Waals surface area contributed by atoms with Crippen molar-refractivity contribution >= 4 is 5.96 Å². The molecule has 0 spiro atoms. The zero-order valence-corrected chi connectivity index (χ0v) is 16.0. The van der Waals surface area contributed by atoms with Gasteiger partial charge in [0.1, 0.15) is 0 Å². The highest BCUT2D eigenvalue weighted by molar-refractivity contribution is 5.80. The Balaban J connectivity index is 1.89. The second-order valence-electron chi connectivity index (χ2n) is 8.60. The van der Waals surface area contributed by atoms with E-state index in [-0.39, 0.29) is 5.60 Å². The number of ether oxygens (including phenoxy) is 1. The third-order valence-electron chi connectivity index (χ3n) is 5.02. The second kappa shape index (κ2) is 7.87. The lowest BCUT2D eigenvalue weighted by Gasteiger charge is -2.37. The predicted octanol–water partition coefficient (Wildman–Crippen LogP) is 3.81. The van der Waals surface area contributed by atoms with E-state index in [1.54, 1.807) is 0 Å². The van der Waals surface area contributed by atoms with Crippen LogP contribution in [0.4, 0.5) is 0 Å². The van der Waals surface area contributed by atoms with Gasteiger partial charge in [-0.15, -0.1) is 0 Å². The monoisotopic (exact) mass is 323 g/mol. The van der Waals surface area contributed by atoms with Gasteiger partial charge in [-0.05, 0) is 58.8 Å². The molecule has 0 bridgehead atoms. The number of aliphatic imine (C=N–C) groups is 1. The van der Waals surface area contributed by atoms with E-state index >= 15 is 0 Å². The van der Waals surface area contributed by atoms with Crippen molar-refractivity contribution < 1.29 is 4.74 Å². The minimum absolute atomic E-state index is 0.0392. The van der Waals surface area contributed by atoms with Crippen LogP contribution < -0.4 is 5.32 Å². The van der Waals surface area contributed by atoms with Gasteiger partial charge in [-0.1, -0.05) is 19.8 Å². The third-order valence-corrected chi connectivity index (χ3v) is 5.02. The summed E-state index contributed by atoms with van der Waals surface area (Å²) in [4.78, 5) is 7.40. The SMILES string of the molecule is CCNC(=NCC1(C)CCCC1)N1CCC(OC(C)(C)C)CC1. The molecule has 1 aliphatic carbocycles. The number of piperidine rings is 1. The Hall–Kier alpha value is -0.770. The van der Waals surface area contributed by atoms with Crippen LogP contribution in [0.25, 0.3) is 0 Å². The zero-order valence-electron chi connectivity index (χ0n) is 16.0. The topological polar surface area (TPSA) is 36.9 Å². The molecule has 0 aromatic carbocycles. The Morgan fingerprint density at radius 2 is 1.83 bits per heavy atom. The first kappa shape index (κ1) is 18.6. The van der Waals surface area contributed by atoms with Gasteiger partial charge in [0.2, 0.25) is 0 Å². The van der Waals surface area contributed by atoms with E-state index < -0.39 is 0 Å². The summed E-state index contributed by atoms with van der Waals surface area (Å²) in [6.07, 6.45) is 7.99. The van der Waals surface area contributed by atoms with Crippen molar-refractivity contribution in [3.63, 3.8) is 0 Å². The molecule has 0 aromatic heterocycles. The molecule has 2 rings (SSSR count). The van der Waals surface area contributed by atoms with Crippen LogP contribution in [-0.4, -0.2) is 48.7 Å². The summed E-state index contributed by atoms with van der Waals surface area (Å²) in [5.41, 5.74) is 0.386. The number of hydrogen-bond acceptors (Lipinski definition) is 2. The molecule has 1 saturated heterocycles. The minimum atomic E-state index is -0.0392. The van der Waals surface area contributed by atoms with Gasteiger partial charge in [0.05, 0.1) is 11.7 Å². The van der Waals surface area contributed by atoms with Crippen LogP contribution in [0.1, 0.15) is 73.1 Å². The van der Waals surface area contributed by atoms with E-state index in [0.717, 1.165) is 45.0 Å². The first-order chi connectivity index (χ1) is 10.8. The lowest BCUT2D eigenvalue weighted by molar-refractivity contribution is -0.0772. The van der Waals surface area contributed by atoms with Crippen molar-refractivity contribution in [2.45, 2.75) is 84.8 Å². The maximum atomic E-state index is 6.14. The third kappa shape index (κ3) is 5.98. The number of guanidine groups is 1. The molecule has 4 heteroatoms. The fourth-order valence-electron chi connectivity index (χ4n) is 3.76. The highest BCUT2D eigenvalue weighted by Gasteiger charge is 2.29. The summed E-state index contributed by atoms with van der Waals surface area (Å²) in [6.45, 7) is 15.0. The fourth-order valence-corrected chi connectivity index (χ4v) is 3.76. The smallest absolute Gasteiger partial charge is 0.193 e. The largest absolute Gasteiger partial charge is 0.372 e. The van der Waals surface area contributed by atoms with Crippen molar-refractivity contribution in [1.29, 1.82) is 0 Å². The minimum Gasteiger partial charge on any atom is -0.372 e. The molecule has 23 heavy (non-hydrogen) atoms. The molecule has 1 N–H and O–H groups in total. The fraction of sp³-hybridized carbons (Fsp3) is 0.947. The Labute approximate surface area is 143 Å². The summed E-state index contributed by atoms with van der Waals surface area (Å²) >= 11 is 0. The van der Waals surface area contributed by atoms with Gasteiger partial charge in [0.25, 0.3) is 0 Å². The van der Waals surface area contributed by atoms with Crippen molar-refractivity contribution in [1.82, 2.24) is 10.2 Å². The standard InChI is InChI=1S/C19H37N3O/c1-6-20-17(21-15-19(5)11-7-8-12-19)22-13-9-16(10-14-22)23-18(2,3)4/h16H,6-15H2,1-5H3,(H,20,21). The average Bonchev–Trinajstić information content (AvgIpc) is 2.90. The lowest BCUT2D eigenvalue weighted by Crippen LogP contribution is -2.48. The van der Waals surface area contributed by atoms with Crippen LogP contribution in [0.5, 0.6) is 0 Å². The first-order valence-corrected chi connectivity index (χ1v) is 9.52. The van der Waals surface area contributed by atoms with Gasteiger partial charge < -0.3 is 15.0 Å². The van der Waals surface area contributed by atoms with Crippen LogP contribution in [0.3, 0.4) is 0 Å². The maximum Gasteiger partial charge on any atom is 0.193 e. The van der Waals surface area contributed by atoms with Crippen LogP contribution >= 0.6 is 0 Å². The van der Waals surface area contributed by atoms with Crippen molar-refractivity contribution in [3.8, 4) is 0 Å². The van der Waals surface area contributed by atoms with Crippen LogP contribution in [0.2, 0.25) is 0 Å². The number of hydrogen-bond donors (Lipinski definition) is 1. The number of rotatable bonds is 4. The molecule has 0 amide bonds. The van der Waals surface area contributed by atoms with Crippen molar-refractivity contribution in [2.24, 2.45) is 10.4 Å². The quantitative estimate of drug-likeness (QED) is 0.631. The van der Waals surface area contributed by atoms with E-state index in [2.05, 4.69) is 44.8 Å². The molecule has 0 radical (unpaired) electrons. The van der Waals surface area contributed by atoms with Crippen molar-refractivity contribution in [2.75, 3.05) is 26.2 Å². The second-order valence-corrected chi connectivity index (χ2v) is 8.60. The van der Waals surface area contributed by atoms with Gasteiger partial charge >= 0.3 is 0 Å². The molecule has 1 aliphatic heterocycles. The summed E-state index contributed by atoms with van der Waals surface area (Å²) in [6, 6.07) is 0. The average molecular weight is 324 g/mol. The van der Waals surface area contributed by atoms with E-state index in [4.69, 9.17) is 9.73 Å². The molecule has 1 saturated carbocycles. The molecular formula is C19H37N3O. The molecular weight excluding hydrogens is 286 g/mol. The zero-order chi connectivity index (χ0) is 16.9. The molecule has 1 heterocycles. The molecule has 0 atom stereocenters. The molecule has 134 valence electrons. The molecule has 2 fully saturated rings. The Morgan fingerprint density at radius 3 is 2.35 bits per heavy atom. The van der Waals surface area contributed by atoms with Crippen LogP contribution in [0.15, 0.2) is 4.99 Å². The predicted molar refractivity (Wildman–Crippen MR) is 98.0 cm³/mol. The summed E-state index contributed by atoms with van der Waals surface area (Å²) in [5, 5.41) is 3.49. The van der Waals surface area contributed by atoms with Gasteiger partial charge in [0, 0.05) is 26.2 Å². The molecule has 4 nitrogen and oxygen atoms in total. The number of nitrogens with one attached hydrogen (secondary N) is 1. The summed E-state index contributed by atoms with van der Waals surface area (Å²) in [7, 11) is 0. The van der Waals surface area contributed by atoms with E-state index in [1.165, 1.54) is 25.7 Å². The summed E-state index contributed by atoms with van der Waals surface area (Å²) in [5.74, 6) is 1.11. The first-order valence-electron chi connectivity index (χ1n) is 9.52. The Kier molecular flexibility index (Phi) is 6.35. The van der Waals surface area contributed by atoms with Gasteiger partial charge in [-0.25, -0.2) is 0 Å². The maximum absolute atomic E-state index is 6.14. The number of likely N-dealkylation sites (tertiary alicyclic amines) is 1. The Morgan fingerprint density at radius 1 is 1.22 bits per heavy atom. The van der Waals surface area contributed by atoms with Gasteiger partial charge in [0.15, 0.2) is 5.96 Å². The highest BCUT2D eigenvalue weighted by atomic mass is 16.5. The van der Waals surface area contributed by atoms with Crippen molar-refractivity contribution in [3.05, 3.63) is 0 Å². The van der Waals surface area contributed by atoms with E-state index in [9.17, 15) is 0 Å². The Bertz CT molecular complexity index is 386. The van der Waals surface area contributed by atoms with E-state index in [1.807, 2.05) is 0 Å². The lowest BCUT2D eigenvalue weighted by atomic mass is 9.89. The van der Waals surface area contributed by atoms with Crippen LogP contribution in [0, 0.1) is 5.41 Å². The number of nitrogens with zero attached hydrogens (tertiary/aromatic N) is 2. The molecule has 0 unspecified atom stereocenters. The van der Waals surface area contributed by atoms with Crippen LogP contribution in [-0.2, 0) is 4.74 Å². The van der Waals surface area contributed by atoms with E-state index in [0.29, 0.717) is 11.5 Å². The highest BCUT2D eigenvalue weighted by Crippen LogP contribution is 2.37. The van der Waals surface area contributed by atoms with Gasteiger partial charge in [-0.3, -0.25) is 4.99 Å². The molecule has 0 aromatic rings.